The molecule has 26 heavy (non-hydrogen) atoms. The van der Waals surface area contributed by atoms with E-state index in [1.54, 1.807) is 0 Å². The first-order valence-electron chi connectivity index (χ1n) is 8.41. The number of aliphatic hydroxyl groups excluding tert-OH is 1. The Labute approximate surface area is 154 Å². The fourth-order valence-electron chi connectivity index (χ4n) is 2.33. The molecule has 1 N–H and O–H groups in total. The summed E-state index contributed by atoms with van der Waals surface area (Å²) in [6.45, 7) is 0.953. The minimum Gasteiger partial charge on any atom is -0.748 e. The second-order valence-corrected chi connectivity index (χ2v) is 7.34. The largest absolute Gasteiger partial charge is 0.748 e. The van der Waals surface area contributed by atoms with Crippen LogP contribution >= 0.6 is 0 Å². The molecule has 0 bridgehead atoms. The molecule has 7 heteroatoms. The third-order valence-electron chi connectivity index (χ3n) is 3.69. The number of aryl methyl sites for hydroxylation is 1. The minimum absolute atomic E-state index is 0.00654. The number of nitrogens with zero attached hydrogens (tertiary/aromatic N) is 1. The highest BCUT2D eigenvalue weighted by Gasteiger charge is 2.02. The number of unbranched alkanes of at least 4 members (excludes halogenated alkanes) is 1. The smallest absolute Gasteiger partial charge is 0.169 e. The van der Waals surface area contributed by atoms with E-state index in [4.69, 9.17) is 9.84 Å². The maximum absolute atomic E-state index is 10.6. The molecular formula is C19H23NO5S. The van der Waals surface area contributed by atoms with Crippen LogP contribution in [0.2, 0.25) is 0 Å². The molecule has 140 valence electrons. The normalized spacial score (nSPS) is 11.8. The van der Waals surface area contributed by atoms with E-state index in [9.17, 15) is 13.0 Å². The van der Waals surface area contributed by atoms with Crippen molar-refractivity contribution in [3.05, 3.63) is 59.9 Å². The van der Waals surface area contributed by atoms with Crippen LogP contribution in [0.5, 0.6) is 5.75 Å². The van der Waals surface area contributed by atoms with Crippen LogP contribution in [0.1, 0.15) is 24.0 Å². The number of ether oxygens (including phenoxy) is 1. The Kier molecular flexibility index (Phi) is 7.77. The van der Waals surface area contributed by atoms with Gasteiger partial charge in [-0.1, -0.05) is 24.3 Å². The monoisotopic (exact) mass is 377 g/mol. The van der Waals surface area contributed by atoms with E-state index in [2.05, 4.69) is 0 Å². The van der Waals surface area contributed by atoms with Gasteiger partial charge in [0.2, 0.25) is 0 Å². The van der Waals surface area contributed by atoms with E-state index in [1.807, 2.05) is 65.5 Å². The van der Waals surface area contributed by atoms with Gasteiger partial charge in [-0.05, 0) is 29.7 Å². The maximum Gasteiger partial charge on any atom is 0.169 e. The van der Waals surface area contributed by atoms with Crippen LogP contribution in [0, 0.1) is 0 Å². The quantitative estimate of drug-likeness (QED) is 0.388. The van der Waals surface area contributed by atoms with Crippen molar-refractivity contribution >= 4 is 22.3 Å². The topological polar surface area (TPSA) is 90.5 Å². The first-order valence-corrected chi connectivity index (χ1v) is 9.98. The molecule has 0 radical (unpaired) electrons. The molecule has 0 saturated carbocycles. The summed E-state index contributed by atoms with van der Waals surface area (Å²) in [6.07, 6.45) is 8.87. The molecule has 1 aromatic carbocycles. The van der Waals surface area contributed by atoms with Crippen molar-refractivity contribution in [2.24, 2.45) is 0 Å². The standard InChI is InChI=1S/C19H23NO5S/c21-14-15-25-19-7-5-17(6-8-19)3-4-18-9-12-20(13-10-18)11-1-2-16-26(22,23)24/h3-10,12-13,21H,1-2,11,14-16H2/b4-3+. The predicted octanol–water partition coefficient (Wildman–Crippen LogP) is 1.84. The van der Waals surface area contributed by atoms with E-state index in [-0.39, 0.29) is 19.0 Å². The summed E-state index contributed by atoms with van der Waals surface area (Å²) >= 11 is 0. The van der Waals surface area contributed by atoms with Crippen LogP contribution < -0.4 is 9.30 Å². The van der Waals surface area contributed by atoms with Crippen LogP contribution in [-0.4, -0.2) is 37.0 Å². The maximum atomic E-state index is 10.6. The number of pyridine rings is 1. The van der Waals surface area contributed by atoms with Gasteiger partial charge >= 0.3 is 0 Å². The summed E-state index contributed by atoms with van der Waals surface area (Å²) in [5.74, 6) is 0.416. The first kappa shape index (κ1) is 20.1. The molecule has 0 aliphatic carbocycles. The Balaban J connectivity index is 1.83. The highest BCUT2D eigenvalue weighted by Crippen LogP contribution is 2.14. The molecule has 2 rings (SSSR count). The summed E-state index contributed by atoms with van der Waals surface area (Å²) in [4.78, 5) is 0. The van der Waals surface area contributed by atoms with Crippen molar-refractivity contribution < 1.29 is 27.4 Å². The Morgan fingerprint density at radius 2 is 1.62 bits per heavy atom. The molecule has 0 unspecified atom stereocenters. The lowest BCUT2D eigenvalue weighted by molar-refractivity contribution is -0.697. The van der Waals surface area contributed by atoms with Crippen LogP contribution in [0.3, 0.4) is 0 Å². The highest BCUT2D eigenvalue weighted by atomic mass is 32.2. The zero-order chi connectivity index (χ0) is 18.8. The van der Waals surface area contributed by atoms with E-state index in [1.165, 1.54) is 0 Å². The summed E-state index contributed by atoms with van der Waals surface area (Å²) in [6, 6.07) is 11.5. The van der Waals surface area contributed by atoms with Gasteiger partial charge in [0.05, 0.1) is 16.7 Å². The van der Waals surface area contributed by atoms with Gasteiger partial charge in [-0.2, -0.15) is 0 Å². The zero-order valence-electron chi connectivity index (χ0n) is 14.5. The third-order valence-corrected chi connectivity index (χ3v) is 4.47. The van der Waals surface area contributed by atoms with Crippen molar-refractivity contribution in [3.8, 4) is 5.75 Å². The number of hydrogen-bond donors (Lipinski definition) is 1. The molecule has 1 aromatic heterocycles. The van der Waals surface area contributed by atoms with Crippen molar-refractivity contribution in [1.29, 1.82) is 0 Å². The summed E-state index contributed by atoms with van der Waals surface area (Å²) in [7, 11) is -4.11. The Morgan fingerprint density at radius 3 is 2.19 bits per heavy atom. The second kappa shape index (κ2) is 10.1. The highest BCUT2D eigenvalue weighted by molar-refractivity contribution is 7.85. The Bertz CT molecular complexity index is 799. The van der Waals surface area contributed by atoms with Gasteiger partial charge in [0.1, 0.15) is 18.9 Å². The third kappa shape index (κ3) is 7.77. The molecule has 1 heterocycles. The SMILES string of the molecule is O=S(=O)([O-])CCCC[n+]1ccc(/C=C/c2ccc(OCCO)cc2)cc1. The van der Waals surface area contributed by atoms with Crippen molar-refractivity contribution in [2.45, 2.75) is 19.4 Å². The molecule has 0 spiro atoms. The van der Waals surface area contributed by atoms with E-state index in [0.29, 0.717) is 19.4 Å². The summed E-state index contributed by atoms with van der Waals surface area (Å²) < 4.78 is 38.9. The zero-order valence-corrected chi connectivity index (χ0v) is 15.3. The van der Waals surface area contributed by atoms with E-state index in [0.717, 1.165) is 16.9 Å². The molecular weight excluding hydrogens is 354 g/mol. The van der Waals surface area contributed by atoms with Gasteiger partial charge in [-0.25, -0.2) is 13.0 Å². The molecule has 0 aliphatic rings. The first-order chi connectivity index (χ1) is 12.5. The van der Waals surface area contributed by atoms with Crippen LogP contribution in [0.4, 0.5) is 0 Å². The number of hydrogen-bond acceptors (Lipinski definition) is 5. The molecule has 0 amide bonds. The van der Waals surface area contributed by atoms with Crippen molar-refractivity contribution in [2.75, 3.05) is 19.0 Å². The fraction of sp³-hybridized carbons (Fsp3) is 0.316. The molecule has 0 aliphatic heterocycles. The lowest BCUT2D eigenvalue weighted by Gasteiger charge is -2.04. The van der Waals surface area contributed by atoms with Gasteiger partial charge in [0.25, 0.3) is 0 Å². The van der Waals surface area contributed by atoms with E-state index < -0.39 is 10.1 Å². The Morgan fingerprint density at radius 1 is 1.00 bits per heavy atom. The summed E-state index contributed by atoms with van der Waals surface area (Å²) in [5, 5.41) is 8.73. The van der Waals surface area contributed by atoms with Crippen LogP contribution in [-0.2, 0) is 16.7 Å². The van der Waals surface area contributed by atoms with E-state index >= 15 is 0 Å². The molecule has 0 fully saturated rings. The second-order valence-electron chi connectivity index (χ2n) is 5.81. The Hall–Kier alpha value is -2.22. The summed E-state index contributed by atoms with van der Waals surface area (Å²) in [5.41, 5.74) is 2.08. The van der Waals surface area contributed by atoms with Crippen molar-refractivity contribution in [1.82, 2.24) is 0 Å². The predicted molar refractivity (Wildman–Crippen MR) is 98.4 cm³/mol. The number of aromatic nitrogens is 1. The van der Waals surface area contributed by atoms with Crippen LogP contribution in [0.25, 0.3) is 12.2 Å². The minimum atomic E-state index is -4.11. The molecule has 6 nitrogen and oxygen atoms in total. The van der Waals surface area contributed by atoms with Gasteiger partial charge in [-0.3, -0.25) is 0 Å². The lowest BCUT2D eigenvalue weighted by atomic mass is 10.1. The van der Waals surface area contributed by atoms with Gasteiger partial charge < -0.3 is 14.4 Å². The molecule has 0 saturated heterocycles. The number of benzene rings is 1. The van der Waals surface area contributed by atoms with Crippen LogP contribution in [0.15, 0.2) is 48.8 Å². The fourth-order valence-corrected chi connectivity index (χ4v) is 2.89. The molecule has 0 atom stereocenters. The molecule has 2 aromatic rings. The average Bonchev–Trinajstić information content (AvgIpc) is 2.63. The van der Waals surface area contributed by atoms with Gasteiger partial charge in [0.15, 0.2) is 12.4 Å². The number of aliphatic hydroxyl groups is 1. The number of rotatable bonds is 10. The average molecular weight is 377 g/mol. The van der Waals surface area contributed by atoms with Gasteiger partial charge in [0, 0.05) is 24.3 Å². The van der Waals surface area contributed by atoms with Crippen molar-refractivity contribution in [3.63, 3.8) is 0 Å². The lowest BCUT2D eigenvalue weighted by Crippen LogP contribution is -2.32. The van der Waals surface area contributed by atoms with Gasteiger partial charge in [-0.15, -0.1) is 0 Å².